The number of likely N-dealkylation sites (tertiary alicyclic amines) is 1. The van der Waals surface area contributed by atoms with Gasteiger partial charge >= 0.3 is 0 Å². The molecule has 1 aliphatic heterocycles. The van der Waals surface area contributed by atoms with E-state index in [0.717, 1.165) is 25.8 Å². The van der Waals surface area contributed by atoms with Gasteiger partial charge in [-0.1, -0.05) is 27.7 Å². The van der Waals surface area contributed by atoms with Gasteiger partial charge in [0.2, 0.25) is 11.8 Å². The second-order valence-electron chi connectivity index (χ2n) is 8.35. The van der Waals surface area contributed by atoms with Crippen molar-refractivity contribution >= 4 is 11.8 Å². The molecule has 134 valence electrons. The summed E-state index contributed by atoms with van der Waals surface area (Å²) in [5.74, 6) is 0.327. The zero-order chi connectivity index (χ0) is 17.8. The summed E-state index contributed by atoms with van der Waals surface area (Å²) in [6, 6.07) is 0.162. The number of carbonyl (C=O) groups excluding carboxylic acids is 2. The molecule has 0 aromatic rings. The number of hydrogen-bond donors (Lipinski definition) is 1. The third-order valence-corrected chi connectivity index (χ3v) is 5.00. The fourth-order valence-corrected chi connectivity index (χ4v) is 3.40. The Morgan fingerprint density at radius 3 is 2.26 bits per heavy atom. The monoisotopic (exact) mass is 326 g/mol. The van der Waals surface area contributed by atoms with Crippen molar-refractivity contribution in [3.05, 3.63) is 0 Å². The smallest absolute Gasteiger partial charge is 0.230 e. The Morgan fingerprint density at radius 1 is 1.26 bits per heavy atom. The molecule has 23 heavy (non-hydrogen) atoms. The number of quaternary nitrogens is 1. The molecule has 0 aromatic carbocycles. The quantitative estimate of drug-likeness (QED) is 0.550. The van der Waals surface area contributed by atoms with Crippen molar-refractivity contribution in [1.82, 2.24) is 10.2 Å². The van der Waals surface area contributed by atoms with Crippen LogP contribution in [0.3, 0.4) is 0 Å². The molecule has 0 bridgehead atoms. The van der Waals surface area contributed by atoms with Crippen molar-refractivity contribution in [2.24, 2.45) is 5.41 Å². The lowest BCUT2D eigenvalue weighted by Crippen LogP contribution is -2.57. The second-order valence-corrected chi connectivity index (χ2v) is 8.35. The first kappa shape index (κ1) is 19.9. The highest BCUT2D eigenvalue weighted by Gasteiger charge is 2.37. The summed E-state index contributed by atoms with van der Waals surface area (Å²) in [4.78, 5) is 26.8. The van der Waals surface area contributed by atoms with E-state index in [1.165, 1.54) is 0 Å². The van der Waals surface area contributed by atoms with E-state index in [0.29, 0.717) is 17.3 Å². The van der Waals surface area contributed by atoms with Gasteiger partial charge < -0.3 is 14.7 Å². The minimum atomic E-state index is -0.480. The minimum Gasteiger partial charge on any atom is -0.340 e. The summed E-state index contributed by atoms with van der Waals surface area (Å²) < 4.78 is 0.708. The fraction of sp³-hybridized carbons (Fsp3) is 0.889. The molecular weight excluding hydrogens is 290 g/mol. The zero-order valence-corrected chi connectivity index (χ0v) is 16.1. The number of nitrogens with one attached hydrogen (secondary N) is 1. The number of nitrogens with zero attached hydrogens (tertiary/aromatic N) is 2. The van der Waals surface area contributed by atoms with Crippen molar-refractivity contribution in [2.75, 3.05) is 27.7 Å². The number of carbonyl (C=O) groups is 2. The van der Waals surface area contributed by atoms with Crippen LogP contribution >= 0.6 is 0 Å². The van der Waals surface area contributed by atoms with Gasteiger partial charge in [-0.3, -0.25) is 9.59 Å². The van der Waals surface area contributed by atoms with Crippen molar-refractivity contribution in [2.45, 2.75) is 72.0 Å². The van der Waals surface area contributed by atoms with Crippen LogP contribution in [-0.4, -0.2) is 61.1 Å². The lowest BCUT2D eigenvalue weighted by molar-refractivity contribution is -0.898. The van der Waals surface area contributed by atoms with E-state index < -0.39 is 5.41 Å². The van der Waals surface area contributed by atoms with Gasteiger partial charge in [0.05, 0.1) is 21.1 Å². The Balaban J connectivity index is 2.75. The van der Waals surface area contributed by atoms with Gasteiger partial charge in [0.25, 0.3) is 0 Å². The van der Waals surface area contributed by atoms with Crippen LogP contribution in [-0.2, 0) is 9.59 Å². The largest absolute Gasteiger partial charge is 0.340 e. The van der Waals surface area contributed by atoms with Gasteiger partial charge in [0, 0.05) is 30.8 Å². The Hall–Kier alpha value is -1.10. The molecule has 0 aliphatic carbocycles. The van der Waals surface area contributed by atoms with Crippen LogP contribution in [0.25, 0.3) is 0 Å². The van der Waals surface area contributed by atoms with Crippen molar-refractivity contribution in [1.29, 1.82) is 0 Å². The zero-order valence-electron chi connectivity index (χ0n) is 16.1. The lowest BCUT2D eigenvalue weighted by Gasteiger charge is -2.38. The van der Waals surface area contributed by atoms with Crippen LogP contribution in [0, 0.1) is 5.41 Å². The van der Waals surface area contributed by atoms with Gasteiger partial charge in [-0.05, 0) is 19.3 Å². The molecule has 5 heteroatoms. The summed E-state index contributed by atoms with van der Waals surface area (Å²) in [6.07, 6.45) is 4.22. The average Bonchev–Trinajstić information content (AvgIpc) is 2.86. The SMILES string of the molecule is CCC(CC(C)(C)C(=O)NC(CC)[N+](C)(C)C)N1CCCC1=O. The number of hydrogen-bond acceptors (Lipinski definition) is 2. The molecule has 0 spiro atoms. The maximum absolute atomic E-state index is 12.8. The first-order chi connectivity index (χ1) is 10.5. The topological polar surface area (TPSA) is 49.4 Å². The van der Waals surface area contributed by atoms with Gasteiger partial charge in [0.1, 0.15) is 0 Å². The van der Waals surface area contributed by atoms with Gasteiger partial charge in [-0.15, -0.1) is 0 Å². The molecule has 0 saturated carbocycles. The first-order valence-electron chi connectivity index (χ1n) is 8.94. The highest BCUT2D eigenvalue weighted by molar-refractivity contribution is 5.82. The molecule has 1 rings (SSSR count). The standard InChI is InChI=1S/C18H35N3O2/c1-8-14(20-12-10-11-16(20)22)13-18(3,4)17(23)19-15(9-2)21(5,6)7/h14-15H,8-13H2,1-7H3/p+1. The van der Waals surface area contributed by atoms with Crippen molar-refractivity contribution < 1.29 is 14.1 Å². The van der Waals surface area contributed by atoms with Crippen LogP contribution in [0.15, 0.2) is 0 Å². The minimum absolute atomic E-state index is 0.0856. The van der Waals surface area contributed by atoms with E-state index in [1.807, 2.05) is 18.7 Å². The van der Waals surface area contributed by atoms with E-state index in [9.17, 15) is 9.59 Å². The molecule has 1 heterocycles. The maximum Gasteiger partial charge on any atom is 0.230 e. The van der Waals surface area contributed by atoms with E-state index in [4.69, 9.17) is 0 Å². The normalized spacial score (nSPS) is 18.9. The van der Waals surface area contributed by atoms with Crippen LogP contribution in [0.1, 0.15) is 59.8 Å². The average molecular weight is 327 g/mol. The summed E-state index contributed by atoms with van der Waals surface area (Å²) in [6.45, 7) is 9.03. The molecule has 1 aliphatic rings. The molecule has 1 saturated heterocycles. The Kier molecular flexibility index (Phi) is 6.63. The summed E-state index contributed by atoms with van der Waals surface area (Å²) >= 11 is 0. The highest BCUT2D eigenvalue weighted by atomic mass is 16.2. The van der Waals surface area contributed by atoms with Gasteiger partial charge in [-0.2, -0.15) is 0 Å². The third kappa shape index (κ3) is 5.20. The maximum atomic E-state index is 12.8. The van der Waals surface area contributed by atoms with Gasteiger partial charge in [-0.25, -0.2) is 0 Å². The molecule has 0 radical (unpaired) electrons. The molecule has 1 N–H and O–H groups in total. The second kappa shape index (κ2) is 7.65. The van der Waals surface area contributed by atoms with Crippen LogP contribution in [0.5, 0.6) is 0 Å². The van der Waals surface area contributed by atoms with E-state index in [-0.39, 0.29) is 24.0 Å². The predicted octanol–water partition coefficient (Wildman–Crippen LogP) is 2.36. The summed E-state index contributed by atoms with van der Waals surface area (Å²) in [7, 11) is 6.29. The van der Waals surface area contributed by atoms with E-state index >= 15 is 0 Å². The van der Waals surface area contributed by atoms with E-state index in [2.05, 4.69) is 40.3 Å². The van der Waals surface area contributed by atoms with Gasteiger partial charge in [0.15, 0.2) is 6.17 Å². The Bertz CT molecular complexity index is 426. The summed E-state index contributed by atoms with van der Waals surface area (Å²) in [5.41, 5.74) is -0.480. The fourth-order valence-electron chi connectivity index (χ4n) is 3.40. The third-order valence-electron chi connectivity index (χ3n) is 5.00. The van der Waals surface area contributed by atoms with Crippen molar-refractivity contribution in [3.8, 4) is 0 Å². The molecule has 2 atom stereocenters. The Labute approximate surface area is 142 Å². The molecule has 2 amide bonds. The number of rotatable bonds is 8. The number of amides is 2. The molecular formula is C18H36N3O2+. The van der Waals surface area contributed by atoms with Crippen LogP contribution in [0.2, 0.25) is 0 Å². The molecule has 2 unspecified atom stereocenters. The lowest BCUT2D eigenvalue weighted by atomic mass is 9.83. The Morgan fingerprint density at radius 2 is 1.87 bits per heavy atom. The summed E-state index contributed by atoms with van der Waals surface area (Å²) in [5, 5.41) is 3.21. The van der Waals surface area contributed by atoms with Crippen molar-refractivity contribution in [3.63, 3.8) is 0 Å². The van der Waals surface area contributed by atoms with Crippen LogP contribution in [0.4, 0.5) is 0 Å². The van der Waals surface area contributed by atoms with Crippen LogP contribution < -0.4 is 5.32 Å². The molecule has 0 aromatic heterocycles. The highest BCUT2D eigenvalue weighted by Crippen LogP contribution is 2.29. The molecule has 1 fully saturated rings. The molecule has 5 nitrogen and oxygen atoms in total. The van der Waals surface area contributed by atoms with E-state index in [1.54, 1.807) is 0 Å². The first-order valence-corrected chi connectivity index (χ1v) is 8.94. The predicted molar refractivity (Wildman–Crippen MR) is 93.7 cm³/mol.